The van der Waals surface area contributed by atoms with Crippen LogP contribution in [0.3, 0.4) is 0 Å². The first-order chi connectivity index (χ1) is 10.9. The van der Waals surface area contributed by atoms with Crippen molar-refractivity contribution in [2.45, 2.75) is 46.6 Å². The molecule has 0 saturated carbocycles. The molecule has 0 aliphatic rings. The number of benzene rings is 1. The third-order valence-corrected chi connectivity index (χ3v) is 4.98. The van der Waals surface area contributed by atoms with Gasteiger partial charge in [0.1, 0.15) is 9.88 Å². The number of amides is 1. The smallest absolute Gasteiger partial charge is 0.263 e. The summed E-state index contributed by atoms with van der Waals surface area (Å²) in [7, 11) is 0. The maximum absolute atomic E-state index is 12.4. The minimum Gasteiger partial charge on any atom is -0.396 e. The van der Waals surface area contributed by atoms with Crippen LogP contribution in [0.5, 0.6) is 0 Å². The van der Waals surface area contributed by atoms with Crippen LogP contribution in [0, 0.1) is 20.8 Å². The van der Waals surface area contributed by atoms with E-state index in [0.29, 0.717) is 11.3 Å². The fourth-order valence-corrected chi connectivity index (χ4v) is 3.59. The van der Waals surface area contributed by atoms with Crippen LogP contribution in [0.1, 0.15) is 46.3 Å². The molecular weight excluding hydrogens is 308 g/mol. The largest absolute Gasteiger partial charge is 0.396 e. The molecule has 1 unspecified atom stereocenters. The molecule has 1 amide bonds. The average molecular weight is 332 g/mol. The van der Waals surface area contributed by atoms with Gasteiger partial charge >= 0.3 is 0 Å². The lowest BCUT2D eigenvalue weighted by molar-refractivity contribution is 0.0939. The summed E-state index contributed by atoms with van der Waals surface area (Å²) in [4.78, 5) is 17.7. The van der Waals surface area contributed by atoms with Gasteiger partial charge in [0, 0.05) is 18.2 Å². The molecule has 0 bridgehead atoms. The topological polar surface area (TPSA) is 62.2 Å². The van der Waals surface area contributed by atoms with Crippen LogP contribution >= 0.6 is 11.3 Å². The van der Waals surface area contributed by atoms with Gasteiger partial charge in [0.05, 0.1) is 5.69 Å². The molecule has 4 nitrogen and oxygen atoms in total. The normalized spacial score (nSPS) is 12.2. The van der Waals surface area contributed by atoms with E-state index in [9.17, 15) is 4.79 Å². The summed E-state index contributed by atoms with van der Waals surface area (Å²) in [6, 6.07) is 6.30. The monoisotopic (exact) mass is 332 g/mol. The fourth-order valence-electron chi connectivity index (χ4n) is 2.53. The van der Waals surface area contributed by atoms with E-state index < -0.39 is 0 Å². The first-order valence-corrected chi connectivity index (χ1v) is 8.70. The standard InChI is InChI=1S/C18H24N2O2S/c1-11-7-8-15(12(2)10-11)18-20-14(4)16(23-18)17(22)19-13(3)6-5-9-21/h7-8,10,13,21H,5-6,9H2,1-4H3,(H,19,22). The van der Waals surface area contributed by atoms with Crippen molar-refractivity contribution in [1.29, 1.82) is 0 Å². The van der Waals surface area contributed by atoms with Crippen LogP contribution in [0.4, 0.5) is 0 Å². The Labute approximate surface area is 141 Å². The van der Waals surface area contributed by atoms with E-state index in [1.165, 1.54) is 22.5 Å². The number of rotatable bonds is 6. The maximum Gasteiger partial charge on any atom is 0.263 e. The number of carbonyl (C=O) groups excluding carboxylic acids is 1. The third-order valence-electron chi connectivity index (χ3n) is 3.79. The Morgan fingerprint density at radius 1 is 1.35 bits per heavy atom. The number of aliphatic hydroxyl groups excluding tert-OH is 1. The van der Waals surface area contributed by atoms with Gasteiger partial charge in [-0.15, -0.1) is 11.3 Å². The van der Waals surface area contributed by atoms with Crippen LogP contribution in [0.25, 0.3) is 10.6 Å². The van der Waals surface area contributed by atoms with Crippen molar-refractivity contribution in [1.82, 2.24) is 10.3 Å². The average Bonchev–Trinajstić information content (AvgIpc) is 2.86. The van der Waals surface area contributed by atoms with Crippen LogP contribution in [-0.2, 0) is 0 Å². The van der Waals surface area contributed by atoms with Crippen LogP contribution < -0.4 is 5.32 Å². The predicted octanol–water partition coefficient (Wildman–Crippen LogP) is 3.63. The van der Waals surface area contributed by atoms with E-state index in [0.717, 1.165) is 22.7 Å². The predicted molar refractivity (Wildman–Crippen MR) is 95.0 cm³/mol. The van der Waals surface area contributed by atoms with Gasteiger partial charge in [-0.2, -0.15) is 0 Å². The summed E-state index contributed by atoms with van der Waals surface area (Å²) in [6.45, 7) is 8.11. The van der Waals surface area contributed by atoms with Gasteiger partial charge in [0.25, 0.3) is 5.91 Å². The van der Waals surface area contributed by atoms with Crippen molar-refractivity contribution in [3.8, 4) is 10.6 Å². The number of nitrogens with zero attached hydrogens (tertiary/aromatic N) is 1. The van der Waals surface area contributed by atoms with Gasteiger partial charge in [0.2, 0.25) is 0 Å². The summed E-state index contributed by atoms with van der Waals surface area (Å²) in [5.41, 5.74) is 4.23. The molecule has 1 aromatic heterocycles. The van der Waals surface area contributed by atoms with Crippen molar-refractivity contribution in [3.05, 3.63) is 39.9 Å². The summed E-state index contributed by atoms with van der Waals surface area (Å²) < 4.78 is 0. The molecule has 5 heteroatoms. The number of aliphatic hydroxyl groups is 1. The number of thiazole rings is 1. The van der Waals surface area contributed by atoms with E-state index in [1.54, 1.807) is 0 Å². The zero-order valence-electron chi connectivity index (χ0n) is 14.1. The summed E-state index contributed by atoms with van der Waals surface area (Å²) in [5, 5.41) is 12.7. The Bertz CT molecular complexity index is 694. The molecule has 0 spiro atoms. The molecule has 0 saturated heterocycles. The minimum atomic E-state index is -0.0820. The lowest BCUT2D eigenvalue weighted by Crippen LogP contribution is -2.32. The zero-order valence-corrected chi connectivity index (χ0v) is 15.0. The molecule has 0 radical (unpaired) electrons. The van der Waals surface area contributed by atoms with Gasteiger partial charge < -0.3 is 10.4 Å². The first-order valence-electron chi connectivity index (χ1n) is 7.89. The summed E-state index contributed by atoms with van der Waals surface area (Å²) in [5.74, 6) is -0.0820. The van der Waals surface area contributed by atoms with Crippen LogP contribution in [0.15, 0.2) is 18.2 Å². The highest BCUT2D eigenvalue weighted by Gasteiger charge is 2.18. The molecule has 1 heterocycles. The van der Waals surface area contributed by atoms with Crippen LogP contribution in [0.2, 0.25) is 0 Å². The Balaban J connectivity index is 2.19. The number of hydrogen-bond donors (Lipinski definition) is 2. The second kappa shape index (κ2) is 7.70. The van der Waals surface area contributed by atoms with Gasteiger partial charge in [-0.25, -0.2) is 4.98 Å². The van der Waals surface area contributed by atoms with Crippen molar-refractivity contribution < 1.29 is 9.90 Å². The van der Waals surface area contributed by atoms with Crippen molar-refractivity contribution in [2.75, 3.05) is 6.61 Å². The molecular formula is C18H24N2O2S. The molecule has 2 rings (SSSR count). The molecule has 2 N–H and O–H groups in total. The Morgan fingerprint density at radius 3 is 2.74 bits per heavy atom. The minimum absolute atomic E-state index is 0.0423. The molecule has 0 aliphatic heterocycles. The number of nitrogens with one attached hydrogen (secondary N) is 1. The molecule has 1 atom stereocenters. The second-order valence-electron chi connectivity index (χ2n) is 5.99. The SMILES string of the molecule is Cc1ccc(-c2nc(C)c(C(=O)NC(C)CCCO)s2)c(C)c1. The molecule has 23 heavy (non-hydrogen) atoms. The van der Waals surface area contributed by atoms with Crippen molar-refractivity contribution in [2.24, 2.45) is 0 Å². The quantitative estimate of drug-likeness (QED) is 0.849. The Morgan fingerprint density at radius 2 is 2.09 bits per heavy atom. The maximum atomic E-state index is 12.4. The highest BCUT2D eigenvalue weighted by molar-refractivity contribution is 7.17. The number of carbonyl (C=O) groups is 1. The zero-order chi connectivity index (χ0) is 17.0. The summed E-state index contributed by atoms with van der Waals surface area (Å²) >= 11 is 1.43. The highest BCUT2D eigenvalue weighted by atomic mass is 32.1. The van der Waals surface area contributed by atoms with Crippen molar-refractivity contribution >= 4 is 17.2 Å². The first kappa shape index (κ1) is 17.6. The molecule has 1 aromatic carbocycles. The molecule has 124 valence electrons. The summed E-state index contributed by atoms with van der Waals surface area (Å²) in [6.07, 6.45) is 1.46. The van der Waals surface area contributed by atoms with Gasteiger partial charge in [-0.3, -0.25) is 4.79 Å². The third kappa shape index (κ3) is 4.39. The highest BCUT2D eigenvalue weighted by Crippen LogP contribution is 2.30. The van der Waals surface area contributed by atoms with E-state index >= 15 is 0 Å². The van der Waals surface area contributed by atoms with E-state index in [1.807, 2.05) is 13.8 Å². The Kier molecular flexibility index (Phi) is 5.91. The van der Waals surface area contributed by atoms with Gasteiger partial charge in [-0.1, -0.05) is 23.8 Å². The Hall–Kier alpha value is -1.72. The van der Waals surface area contributed by atoms with Crippen LogP contribution in [-0.4, -0.2) is 28.6 Å². The van der Waals surface area contributed by atoms with Crippen molar-refractivity contribution in [3.63, 3.8) is 0 Å². The fraction of sp³-hybridized carbons (Fsp3) is 0.444. The van der Waals surface area contributed by atoms with Gasteiger partial charge in [-0.05, 0) is 46.1 Å². The number of hydrogen-bond acceptors (Lipinski definition) is 4. The number of aryl methyl sites for hydroxylation is 3. The number of aromatic nitrogens is 1. The molecule has 0 aliphatic carbocycles. The van der Waals surface area contributed by atoms with E-state index in [4.69, 9.17) is 5.11 Å². The van der Waals surface area contributed by atoms with E-state index in [-0.39, 0.29) is 18.6 Å². The van der Waals surface area contributed by atoms with E-state index in [2.05, 4.69) is 42.3 Å². The van der Waals surface area contributed by atoms with Gasteiger partial charge in [0.15, 0.2) is 0 Å². The lowest BCUT2D eigenvalue weighted by atomic mass is 10.1. The second-order valence-corrected chi connectivity index (χ2v) is 6.99. The molecule has 2 aromatic rings. The molecule has 0 fully saturated rings. The lowest BCUT2D eigenvalue weighted by Gasteiger charge is -2.12.